The van der Waals surface area contributed by atoms with Gasteiger partial charge in [0, 0.05) is 23.0 Å². The van der Waals surface area contributed by atoms with Crippen LogP contribution < -0.4 is 5.73 Å². The number of imidazole rings is 1. The summed E-state index contributed by atoms with van der Waals surface area (Å²) in [6.07, 6.45) is 3.46. The van der Waals surface area contributed by atoms with Crippen molar-refractivity contribution in [2.24, 2.45) is 10.9 Å². The van der Waals surface area contributed by atoms with Gasteiger partial charge >= 0.3 is 0 Å². The summed E-state index contributed by atoms with van der Waals surface area (Å²) in [5.74, 6) is 0.823. The smallest absolute Gasteiger partial charge is 0.172 e. The Hall–Kier alpha value is -2.01. The van der Waals surface area contributed by atoms with E-state index in [9.17, 15) is 0 Å². The van der Waals surface area contributed by atoms with E-state index in [1.807, 2.05) is 11.5 Å². The second-order valence-corrected chi connectivity index (χ2v) is 3.93. The van der Waals surface area contributed by atoms with Gasteiger partial charge in [-0.1, -0.05) is 16.8 Å². The number of amidine groups is 1. The van der Waals surface area contributed by atoms with Crippen LogP contribution in [0.2, 0.25) is 5.02 Å². The number of rotatable bonds is 2. The van der Waals surface area contributed by atoms with Crippen LogP contribution in [0.4, 0.5) is 0 Å². The van der Waals surface area contributed by atoms with Crippen molar-refractivity contribution in [3.8, 4) is 5.69 Å². The molecule has 3 N–H and O–H groups in total. The lowest BCUT2D eigenvalue weighted by Gasteiger charge is -2.11. The van der Waals surface area contributed by atoms with E-state index in [-0.39, 0.29) is 5.84 Å². The number of aryl methyl sites for hydroxylation is 1. The van der Waals surface area contributed by atoms with Crippen molar-refractivity contribution < 1.29 is 5.21 Å². The summed E-state index contributed by atoms with van der Waals surface area (Å²) in [7, 11) is 0. The predicted octanol–water partition coefficient (Wildman–Crippen LogP) is 1.93. The molecule has 0 spiro atoms. The van der Waals surface area contributed by atoms with Crippen molar-refractivity contribution in [2.45, 2.75) is 6.92 Å². The van der Waals surface area contributed by atoms with Gasteiger partial charge < -0.3 is 15.5 Å². The zero-order valence-corrected chi connectivity index (χ0v) is 9.89. The van der Waals surface area contributed by atoms with Crippen LogP contribution >= 0.6 is 11.6 Å². The molecule has 5 nitrogen and oxygen atoms in total. The molecule has 88 valence electrons. The first kappa shape index (κ1) is 11.5. The molecule has 17 heavy (non-hydrogen) atoms. The molecule has 0 saturated heterocycles. The Labute approximate surface area is 103 Å². The van der Waals surface area contributed by atoms with E-state index in [1.165, 1.54) is 0 Å². The highest BCUT2D eigenvalue weighted by atomic mass is 35.5. The van der Waals surface area contributed by atoms with Gasteiger partial charge in [0.25, 0.3) is 0 Å². The summed E-state index contributed by atoms with van der Waals surface area (Å²) >= 11 is 5.96. The Kier molecular flexibility index (Phi) is 3.01. The Balaban J connectivity index is 2.67. The normalized spacial score (nSPS) is 11.8. The lowest BCUT2D eigenvalue weighted by molar-refractivity contribution is 0.318. The molecule has 1 heterocycles. The zero-order chi connectivity index (χ0) is 12.4. The highest BCUT2D eigenvalue weighted by molar-refractivity contribution is 6.31. The topological polar surface area (TPSA) is 76.4 Å². The molecular weight excluding hydrogens is 240 g/mol. The Bertz CT molecular complexity index is 577. The van der Waals surface area contributed by atoms with Gasteiger partial charge in [0.2, 0.25) is 0 Å². The van der Waals surface area contributed by atoms with E-state index in [0.717, 1.165) is 11.5 Å². The molecule has 0 bridgehead atoms. The third-order valence-electron chi connectivity index (χ3n) is 2.43. The maximum atomic E-state index is 8.75. The van der Waals surface area contributed by atoms with Gasteiger partial charge in [0.05, 0.1) is 5.69 Å². The Morgan fingerprint density at radius 1 is 1.53 bits per heavy atom. The molecule has 0 unspecified atom stereocenters. The van der Waals surface area contributed by atoms with Gasteiger partial charge in [0.1, 0.15) is 5.82 Å². The first-order chi connectivity index (χ1) is 8.13. The molecule has 0 atom stereocenters. The quantitative estimate of drug-likeness (QED) is 0.370. The van der Waals surface area contributed by atoms with Crippen LogP contribution in [0.15, 0.2) is 35.7 Å². The maximum Gasteiger partial charge on any atom is 0.172 e. The number of nitrogens with two attached hydrogens (primary N) is 1. The molecule has 0 radical (unpaired) electrons. The van der Waals surface area contributed by atoms with Crippen LogP contribution in [0.25, 0.3) is 5.69 Å². The van der Waals surface area contributed by atoms with Crippen LogP contribution in [0.1, 0.15) is 11.4 Å². The summed E-state index contributed by atoms with van der Waals surface area (Å²) in [6, 6.07) is 5.13. The number of aromatic nitrogens is 2. The van der Waals surface area contributed by atoms with E-state index >= 15 is 0 Å². The summed E-state index contributed by atoms with van der Waals surface area (Å²) in [5.41, 5.74) is 6.94. The second kappa shape index (κ2) is 4.47. The number of benzene rings is 1. The van der Waals surface area contributed by atoms with Gasteiger partial charge in [-0.2, -0.15) is 0 Å². The SMILES string of the molecule is Cc1nccn1-c1cc(Cl)ccc1C(N)=NO. The average Bonchev–Trinajstić information content (AvgIpc) is 2.74. The molecule has 0 amide bonds. The molecular formula is C11H11ClN4O. The van der Waals surface area contributed by atoms with E-state index in [1.54, 1.807) is 30.6 Å². The van der Waals surface area contributed by atoms with Crippen LogP contribution in [0.5, 0.6) is 0 Å². The van der Waals surface area contributed by atoms with E-state index in [0.29, 0.717) is 10.6 Å². The fourth-order valence-electron chi connectivity index (χ4n) is 1.61. The van der Waals surface area contributed by atoms with E-state index in [2.05, 4.69) is 10.1 Å². The first-order valence-corrected chi connectivity index (χ1v) is 5.29. The first-order valence-electron chi connectivity index (χ1n) is 4.91. The van der Waals surface area contributed by atoms with Crippen molar-refractivity contribution in [1.82, 2.24) is 9.55 Å². The molecule has 0 aliphatic rings. The van der Waals surface area contributed by atoms with E-state index in [4.69, 9.17) is 22.5 Å². The van der Waals surface area contributed by atoms with Crippen molar-refractivity contribution in [3.63, 3.8) is 0 Å². The Morgan fingerprint density at radius 2 is 2.29 bits per heavy atom. The maximum absolute atomic E-state index is 8.75. The van der Waals surface area contributed by atoms with Crippen LogP contribution in [-0.4, -0.2) is 20.6 Å². The molecule has 1 aromatic carbocycles. The highest BCUT2D eigenvalue weighted by Gasteiger charge is 2.11. The zero-order valence-electron chi connectivity index (χ0n) is 9.13. The molecule has 0 fully saturated rings. The number of hydrogen-bond acceptors (Lipinski definition) is 3. The van der Waals surface area contributed by atoms with Gasteiger partial charge in [-0.25, -0.2) is 4.98 Å². The monoisotopic (exact) mass is 250 g/mol. The highest BCUT2D eigenvalue weighted by Crippen LogP contribution is 2.21. The van der Waals surface area contributed by atoms with Crippen molar-refractivity contribution in [2.75, 3.05) is 0 Å². The second-order valence-electron chi connectivity index (χ2n) is 3.49. The molecule has 0 aliphatic heterocycles. The lowest BCUT2D eigenvalue weighted by atomic mass is 10.1. The minimum absolute atomic E-state index is 0.0322. The third kappa shape index (κ3) is 2.09. The number of halogens is 1. The van der Waals surface area contributed by atoms with Gasteiger partial charge in [-0.3, -0.25) is 0 Å². The minimum Gasteiger partial charge on any atom is -0.409 e. The molecule has 2 aromatic rings. The molecule has 2 rings (SSSR count). The average molecular weight is 251 g/mol. The van der Waals surface area contributed by atoms with Crippen LogP contribution in [0.3, 0.4) is 0 Å². The molecule has 1 aromatic heterocycles. The van der Waals surface area contributed by atoms with E-state index < -0.39 is 0 Å². The fourth-order valence-corrected chi connectivity index (χ4v) is 1.77. The lowest BCUT2D eigenvalue weighted by Crippen LogP contribution is -2.16. The minimum atomic E-state index is 0.0322. The van der Waals surface area contributed by atoms with Gasteiger partial charge in [0.15, 0.2) is 5.84 Å². The van der Waals surface area contributed by atoms with Crippen molar-refractivity contribution >= 4 is 17.4 Å². The van der Waals surface area contributed by atoms with Crippen LogP contribution in [0, 0.1) is 6.92 Å². The summed E-state index contributed by atoms with van der Waals surface area (Å²) < 4.78 is 1.82. The summed E-state index contributed by atoms with van der Waals surface area (Å²) in [6.45, 7) is 1.86. The predicted molar refractivity (Wildman–Crippen MR) is 65.8 cm³/mol. The molecule has 6 heteroatoms. The van der Waals surface area contributed by atoms with Crippen LogP contribution in [-0.2, 0) is 0 Å². The molecule has 0 saturated carbocycles. The van der Waals surface area contributed by atoms with Gasteiger partial charge in [-0.05, 0) is 25.1 Å². The number of nitrogens with zero attached hydrogens (tertiary/aromatic N) is 3. The summed E-state index contributed by atoms with van der Waals surface area (Å²) in [5, 5.41) is 12.3. The standard InChI is InChI=1S/C11H11ClN4O/c1-7-14-4-5-16(7)10-6-8(12)2-3-9(10)11(13)15-17/h2-6,17H,1H3,(H2,13,15). The Morgan fingerprint density at radius 3 is 2.88 bits per heavy atom. The largest absolute Gasteiger partial charge is 0.409 e. The van der Waals surface area contributed by atoms with Crippen molar-refractivity contribution in [1.29, 1.82) is 0 Å². The third-order valence-corrected chi connectivity index (χ3v) is 2.66. The number of oxime groups is 1. The molecule has 0 aliphatic carbocycles. The fraction of sp³-hybridized carbons (Fsp3) is 0.0909. The van der Waals surface area contributed by atoms with Gasteiger partial charge in [-0.15, -0.1) is 0 Å². The number of hydrogen-bond donors (Lipinski definition) is 2. The summed E-state index contributed by atoms with van der Waals surface area (Å²) in [4.78, 5) is 4.13. The van der Waals surface area contributed by atoms with Crippen molar-refractivity contribution in [3.05, 3.63) is 47.0 Å².